The molecule has 1 atom stereocenters. The van der Waals surface area contributed by atoms with E-state index in [0.29, 0.717) is 18.2 Å². The van der Waals surface area contributed by atoms with Crippen molar-refractivity contribution in [1.29, 1.82) is 0 Å². The van der Waals surface area contributed by atoms with Gasteiger partial charge < -0.3 is 15.7 Å². The van der Waals surface area contributed by atoms with Crippen LogP contribution in [-0.4, -0.2) is 41.8 Å². The van der Waals surface area contributed by atoms with E-state index in [4.69, 9.17) is 0 Å². The molecule has 0 aromatic carbocycles. The Balaban J connectivity index is 3.79. The molecule has 0 radical (unpaired) electrons. The summed E-state index contributed by atoms with van der Waals surface area (Å²) in [4.78, 5) is 11.5. The fraction of sp³-hybridized carbons (Fsp3) is 0.917. The van der Waals surface area contributed by atoms with Crippen LogP contribution in [-0.2, 0) is 0 Å². The molecule has 0 bridgehead atoms. The predicted molar refractivity (Wildman–Crippen MR) is 74.5 cm³/mol. The van der Waals surface area contributed by atoms with Crippen LogP contribution in [0.5, 0.6) is 0 Å². The molecule has 0 rings (SSSR count). The maximum Gasteiger partial charge on any atom is 0.314 e. The van der Waals surface area contributed by atoms with Gasteiger partial charge in [0.1, 0.15) is 0 Å². The van der Waals surface area contributed by atoms with E-state index in [1.165, 1.54) is 0 Å². The number of carbonyl (C=O) groups excluding carboxylic acids is 1. The Labute approximate surface area is 109 Å². The molecule has 0 saturated heterocycles. The van der Waals surface area contributed by atoms with E-state index < -0.39 is 5.60 Å². The minimum absolute atomic E-state index is 0.196. The van der Waals surface area contributed by atoms with E-state index in [2.05, 4.69) is 24.5 Å². The van der Waals surface area contributed by atoms with Crippen LogP contribution >= 0.6 is 11.8 Å². The number of aliphatic hydroxyl groups is 1. The first kappa shape index (κ1) is 16.6. The smallest absolute Gasteiger partial charge is 0.314 e. The third kappa shape index (κ3) is 8.32. The molecule has 0 aliphatic carbocycles. The molecule has 1 unspecified atom stereocenters. The number of urea groups is 1. The van der Waals surface area contributed by atoms with Crippen LogP contribution in [0.3, 0.4) is 0 Å². The number of nitrogens with one attached hydrogen (secondary N) is 2. The molecule has 0 aromatic heterocycles. The van der Waals surface area contributed by atoms with E-state index in [1.54, 1.807) is 18.7 Å². The number of thioether (sulfide) groups is 1. The van der Waals surface area contributed by atoms with Gasteiger partial charge in [-0.25, -0.2) is 4.79 Å². The molecular weight excluding hydrogens is 236 g/mol. The van der Waals surface area contributed by atoms with Crippen molar-refractivity contribution in [2.45, 2.75) is 39.2 Å². The summed E-state index contributed by atoms with van der Waals surface area (Å²) < 4.78 is 0. The fourth-order valence-electron chi connectivity index (χ4n) is 1.51. The van der Waals surface area contributed by atoms with Crippen molar-refractivity contribution in [3.8, 4) is 0 Å². The summed E-state index contributed by atoms with van der Waals surface area (Å²) in [5.41, 5.74) is -0.842. The molecular formula is C12H26N2O2S. The van der Waals surface area contributed by atoms with Crippen LogP contribution < -0.4 is 10.6 Å². The second-order valence-corrected chi connectivity index (χ2v) is 5.54. The van der Waals surface area contributed by atoms with E-state index in [-0.39, 0.29) is 12.6 Å². The highest BCUT2D eigenvalue weighted by atomic mass is 32.2. The van der Waals surface area contributed by atoms with Crippen molar-refractivity contribution >= 4 is 17.8 Å². The molecule has 17 heavy (non-hydrogen) atoms. The number of rotatable bonds is 8. The second kappa shape index (κ2) is 8.64. The lowest BCUT2D eigenvalue weighted by molar-refractivity contribution is 0.0869. The maximum absolute atomic E-state index is 11.5. The van der Waals surface area contributed by atoms with Gasteiger partial charge >= 0.3 is 6.03 Å². The van der Waals surface area contributed by atoms with Gasteiger partial charge in [0.2, 0.25) is 0 Å². The maximum atomic E-state index is 11.5. The molecule has 5 heteroatoms. The Bertz CT molecular complexity index is 219. The normalized spacial score (nSPS) is 14.5. The average molecular weight is 262 g/mol. The van der Waals surface area contributed by atoms with Crippen LogP contribution in [0.1, 0.15) is 33.6 Å². The number of hydrogen-bond acceptors (Lipinski definition) is 3. The number of carbonyl (C=O) groups is 1. The van der Waals surface area contributed by atoms with E-state index in [0.717, 1.165) is 12.8 Å². The number of amides is 2. The Morgan fingerprint density at radius 1 is 1.35 bits per heavy atom. The Kier molecular flexibility index (Phi) is 8.43. The zero-order chi connectivity index (χ0) is 13.3. The number of hydrogen-bond donors (Lipinski definition) is 3. The third-order valence-electron chi connectivity index (χ3n) is 2.79. The zero-order valence-corrected chi connectivity index (χ0v) is 12.2. The van der Waals surface area contributed by atoms with Gasteiger partial charge in [-0.2, -0.15) is 11.8 Å². The highest BCUT2D eigenvalue weighted by molar-refractivity contribution is 7.98. The highest BCUT2D eigenvalue weighted by Gasteiger charge is 2.20. The average Bonchev–Trinajstić information content (AvgIpc) is 2.28. The Morgan fingerprint density at radius 2 is 1.94 bits per heavy atom. The molecule has 0 fully saturated rings. The summed E-state index contributed by atoms with van der Waals surface area (Å²) in [6.45, 7) is 6.95. The van der Waals surface area contributed by atoms with Crippen LogP contribution in [0, 0.1) is 5.92 Å². The molecule has 0 aliphatic rings. The molecule has 0 heterocycles. The Hall–Kier alpha value is -0.420. The van der Waals surface area contributed by atoms with Crippen LogP contribution in [0.2, 0.25) is 0 Å². The van der Waals surface area contributed by atoms with Gasteiger partial charge in [-0.3, -0.25) is 0 Å². The van der Waals surface area contributed by atoms with Gasteiger partial charge in [0.25, 0.3) is 0 Å². The van der Waals surface area contributed by atoms with Crippen molar-refractivity contribution in [1.82, 2.24) is 10.6 Å². The van der Waals surface area contributed by atoms with Gasteiger partial charge in [-0.15, -0.1) is 0 Å². The first-order chi connectivity index (χ1) is 7.95. The zero-order valence-electron chi connectivity index (χ0n) is 11.4. The summed E-state index contributed by atoms with van der Waals surface area (Å²) in [5.74, 6) is 1.15. The Morgan fingerprint density at radius 3 is 2.41 bits per heavy atom. The van der Waals surface area contributed by atoms with E-state index in [1.807, 2.05) is 6.26 Å². The van der Waals surface area contributed by atoms with E-state index >= 15 is 0 Å². The lowest BCUT2D eigenvalue weighted by Crippen LogP contribution is -2.46. The topological polar surface area (TPSA) is 61.4 Å². The SMILES string of the molecule is CCC(CC)CNC(=O)NCC(C)(O)CSC. The first-order valence-corrected chi connectivity index (χ1v) is 7.57. The molecule has 0 aromatic rings. The lowest BCUT2D eigenvalue weighted by atomic mass is 10.0. The van der Waals surface area contributed by atoms with Gasteiger partial charge in [0, 0.05) is 18.8 Å². The summed E-state index contributed by atoms with van der Waals surface area (Å²) >= 11 is 1.56. The van der Waals surface area contributed by atoms with Crippen LogP contribution in [0.4, 0.5) is 4.79 Å². The van der Waals surface area contributed by atoms with Gasteiger partial charge in [0.05, 0.1) is 5.60 Å². The van der Waals surface area contributed by atoms with Gasteiger partial charge in [-0.1, -0.05) is 26.7 Å². The summed E-state index contributed by atoms with van der Waals surface area (Å²) in [7, 11) is 0. The van der Waals surface area contributed by atoms with Gasteiger partial charge in [-0.05, 0) is 19.1 Å². The fourth-order valence-corrected chi connectivity index (χ4v) is 2.23. The predicted octanol–water partition coefficient (Wildman–Crippen LogP) is 1.84. The minimum atomic E-state index is -0.842. The highest BCUT2D eigenvalue weighted by Crippen LogP contribution is 2.09. The summed E-state index contributed by atoms with van der Waals surface area (Å²) in [6, 6.07) is -0.196. The minimum Gasteiger partial charge on any atom is -0.387 e. The molecule has 0 spiro atoms. The van der Waals surface area contributed by atoms with Crippen molar-refractivity contribution in [3.05, 3.63) is 0 Å². The van der Waals surface area contributed by atoms with Crippen molar-refractivity contribution in [3.63, 3.8) is 0 Å². The van der Waals surface area contributed by atoms with Crippen molar-refractivity contribution in [2.24, 2.45) is 5.92 Å². The van der Waals surface area contributed by atoms with E-state index in [9.17, 15) is 9.90 Å². The molecule has 0 saturated carbocycles. The van der Waals surface area contributed by atoms with Crippen LogP contribution in [0.25, 0.3) is 0 Å². The largest absolute Gasteiger partial charge is 0.387 e. The molecule has 102 valence electrons. The second-order valence-electron chi connectivity index (χ2n) is 4.68. The molecule has 4 nitrogen and oxygen atoms in total. The van der Waals surface area contributed by atoms with Crippen LogP contribution in [0.15, 0.2) is 0 Å². The lowest BCUT2D eigenvalue weighted by Gasteiger charge is -2.23. The first-order valence-electron chi connectivity index (χ1n) is 6.18. The van der Waals surface area contributed by atoms with Crippen molar-refractivity contribution in [2.75, 3.05) is 25.1 Å². The standard InChI is InChI=1S/C12H26N2O2S/c1-5-10(6-2)7-13-11(15)14-8-12(3,16)9-17-4/h10,16H,5-9H2,1-4H3,(H2,13,14,15). The quantitative estimate of drug-likeness (QED) is 0.625. The molecule has 2 amide bonds. The van der Waals surface area contributed by atoms with Crippen molar-refractivity contribution < 1.29 is 9.90 Å². The monoisotopic (exact) mass is 262 g/mol. The summed E-state index contributed by atoms with van der Waals surface area (Å²) in [6.07, 6.45) is 4.07. The molecule has 3 N–H and O–H groups in total. The third-order valence-corrected chi connectivity index (χ3v) is 3.70. The van der Waals surface area contributed by atoms with Gasteiger partial charge in [0.15, 0.2) is 0 Å². The summed E-state index contributed by atoms with van der Waals surface area (Å²) in [5, 5.41) is 15.4. The molecule has 0 aliphatic heterocycles.